The summed E-state index contributed by atoms with van der Waals surface area (Å²) in [6.45, 7) is 1.96. The number of nitrogens with zero attached hydrogens (tertiary/aromatic N) is 5. The number of carbonyl (C=O) groups excluding carboxylic acids is 1. The zero-order valence-corrected chi connectivity index (χ0v) is 19.1. The number of carbonyl (C=O) groups is 1. The molecule has 4 heterocycles. The van der Waals surface area contributed by atoms with Crippen LogP contribution in [-0.2, 0) is 0 Å². The zero-order valence-electron chi connectivity index (χ0n) is 19.1. The molecule has 0 radical (unpaired) electrons. The molecule has 0 spiro atoms. The fraction of sp³-hybridized carbons (Fsp3) is 0.292. The molecular formula is C24H25FN8O2. The normalized spacial score (nSPS) is 17.8. The highest BCUT2D eigenvalue weighted by Crippen LogP contribution is 2.27. The van der Waals surface area contributed by atoms with Crippen molar-refractivity contribution in [2.45, 2.75) is 44.8 Å². The number of nitrogens with one attached hydrogen (secondary N) is 3. The summed E-state index contributed by atoms with van der Waals surface area (Å²) in [4.78, 5) is 25.3. The summed E-state index contributed by atoms with van der Waals surface area (Å²) in [5.74, 6) is -0.0135. The van der Waals surface area contributed by atoms with Gasteiger partial charge in [0.2, 0.25) is 5.95 Å². The Hall–Kier alpha value is -4.12. The predicted molar refractivity (Wildman–Crippen MR) is 129 cm³/mol. The van der Waals surface area contributed by atoms with Gasteiger partial charge >= 0.3 is 0 Å². The lowest BCUT2D eigenvalue weighted by molar-refractivity contribution is 0.102. The topological polar surface area (TPSA) is 129 Å². The van der Waals surface area contributed by atoms with E-state index in [2.05, 4.69) is 36.0 Å². The fourth-order valence-corrected chi connectivity index (χ4v) is 4.07. The van der Waals surface area contributed by atoms with Crippen molar-refractivity contribution in [2.75, 3.05) is 16.0 Å². The first-order valence-electron chi connectivity index (χ1n) is 11.4. The van der Waals surface area contributed by atoms with Gasteiger partial charge in [-0.1, -0.05) is 6.07 Å². The lowest BCUT2D eigenvalue weighted by Crippen LogP contribution is -2.29. The van der Waals surface area contributed by atoms with Crippen molar-refractivity contribution in [3.05, 3.63) is 66.1 Å². The quantitative estimate of drug-likeness (QED) is 0.310. The largest absolute Gasteiger partial charge is 0.393 e. The molecule has 1 fully saturated rings. The highest BCUT2D eigenvalue weighted by Gasteiger charge is 2.22. The fourth-order valence-electron chi connectivity index (χ4n) is 4.07. The van der Waals surface area contributed by atoms with Gasteiger partial charge in [0.15, 0.2) is 11.3 Å². The zero-order chi connectivity index (χ0) is 24.4. The second kappa shape index (κ2) is 9.63. The molecule has 11 heteroatoms. The van der Waals surface area contributed by atoms with Gasteiger partial charge in [-0.15, -0.1) is 5.10 Å². The van der Waals surface area contributed by atoms with Crippen LogP contribution in [0.25, 0.3) is 5.65 Å². The molecule has 0 atom stereocenters. The maximum atomic E-state index is 13.5. The monoisotopic (exact) mass is 476 g/mol. The molecule has 10 nitrogen and oxygen atoms in total. The van der Waals surface area contributed by atoms with Crippen molar-refractivity contribution in [3.8, 4) is 0 Å². The molecule has 35 heavy (non-hydrogen) atoms. The molecule has 0 aliphatic heterocycles. The molecule has 1 aliphatic carbocycles. The molecule has 5 rings (SSSR count). The van der Waals surface area contributed by atoms with Gasteiger partial charge in [-0.25, -0.2) is 19.5 Å². The van der Waals surface area contributed by atoms with E-state index in [1.165, 1.54) is 23.0 Å². The summed E-state index contributed by atoms with van der Waals surface area (Å²) < 4.78 is 14.9. The molecule has 0 saturated heterocycles. The first kappa shape index (κ1) is 22.7. The van der Waals surface area contributed by atoms with Crippen LogP contribution in [0.2, 0.25) is 0 Å². The molecule has 1 amide bonds. The Bertz CT molecular complexity index is 1350. The number of imidazole rings is 1. The number of aryl methyl sites for hydroxylation is 1. The van der Waals surface area contributed by atoms with Gasteiger partial charge in [0, 0.05) is 36.3 Å². The average Bonchev–Trinajstić information content (AvgIpc) is 3.26. The summed E-state index contributed by atoms with van der Waals surface area (Å²) in [5, 5.41) is 23.8. The van der Waals surface area contributed by atoms with Crippen molar-refractivity contribution in [3.63, 3.8) is 0 Å². The number of halogens is 1. The van der Waals surface area contributed by atoms with Crippen LogP contribution in [-0.4, -0.2) is 47.7 Å². The summed E-state index contributed by atoms with van der Waals surface area (Å²) in [5.41, 5.74) is 2.53. The van der Waals surface area contributed by atoms with Gasteiger partial charge in [0.05, 0.1) is 18.0 Å². The lowest BCUT2D eigenvalue weighted by Gasteiger charge is -2.26. The van der Waals surface area contributed by atoms with E-state index in [-0.39, 0.29) is 23.5 Å². The van der Waals surface area contributed by atoms with Crippen LogP contribution >= 0.6 is 0 Å². The summed E-state index contributed by atoms with van der Waals surface area (Å²) in [7, 11) is 0. The van der Waals surface area contributed by atoms with E-state index in [4.69, 9.17) is 0 Å². The third kappa shape index (κ3) is 5.19. The third-order valence-electron chi connectivity index (χ3n) is 5.91. The summed E-state index contributed by atoms with van der Waals surface area (Å²) in [6, 6.07) is 8.41. The van der Waals surface area contributed by atoms with Crippen molar-refractivity contribution < 1.29 is 14.3 Å². The Morgan fingerprint density at radius 2 is 1.89 bits per heavy atom. The predicted octanol–water partition coefficient (Wildman–Crippen LogP) is 3.68. The van der Waals surface area contributed by atoms with Crippen molar-refractivity contribution in [1.82, 2.24) is 24.6 Å². The van der Waals surface area contributed by atoms with Crippen LogP contribution in [0.5, 0.6) is 0 Å². The standard InChI is InChI=1S/C24H25FN8O2/c1-14-2-7-21(27-12-14)31-18-11-22(29-15-3-5-17(34)6-4-15)32-33-19(13-28-23(18)33)24(35)30-16-8-9-26-20(25)10-16/h2,7-13,15,17,34H,3-6H2,1H3,(H,27,31)(H,29,32)(H,26,30,35)/t15-,17-. The highest BCUT2D eigenvalue weighted by atomic mass is 19.1. The SMILES string of the molecule is Cc1ccc(Nc2cc(N[C@H]3CC[C@H](O)CC3)nn3c(C(=O)Nc4ccnc(F)c4)cnc23)nc1. The number of hydrogen-bond donors (Lipinski definition) is 4. The Morgan fingerprint density at radius 3 is 2.63 bits per heavy atom. The Balaban J connectivity index is 1.49. The second-order valence-electron chi connectivity index (χ2n) is 8.64. The van der Waals surface area contributed by atoms with E-state index in [1.807, 2.05) is 25.1 Å². The van der Waals surface area contributed by atoms with Gasteiger partial charge in [-0.2, -0.15) is 4.39 Å². The number of pyridine rings is 2. The minimum absolute atomic E-state index is 0.147. The Labute approximate surface area is 200 Å². The highest BCUT2D eigenvalue weighted by molar-refractivity contribution is 6.03. The van der Waals surface area contributed by atoms with Crippen molar-refractivity contribution in [1.29, 1.82) is 0 Å². The molecule has 4 aromatic heterocycles. The van der Waals surface area contributed by atoms with Crippen LogP contribution in [0.3, 0.4) is 0 Å². The molecule has 1 saturated carbocycles. The van der Waals surface area contributed by atoms with Gasteiger partial charge in [-0.3, -0.25) is 4.79 Å². The molecule has 0 aromatic carbocycles. The van der Waals surface area contributed by atoms with Crippen molar-refractivity contribution in [2.24, 2.45) is 0 Å². The van der Waals surface area contributed by atoms with E-state index in [0.29, 0.717) is 23.0 Å². The molecule has 1 aliphatic rings. The number of amides is 1. The molecule has 0 unspecified atom stereocenters. The number of hydrogen-bond acceptors (Lipinski definition) is 8. The lowest BCUT2D eigenvalue weighted by atomic mass is 9.93. The van der Waals surface area contributed by atoms with Gasteiger partial charge in [-0.05, 0) is 50.3 Å². The average molecular weight is 477 g/mol. The van der Waals surface area contributed by atoms with Gasteiger partial charge in [0.1, 0.15) is 11.6 Å². The third-order valence-corrected chi connectivity index (χ3v) is 5.91. The van der Waals surface area contributed by atoms with E-state index in [9.17, 15) is 14.3 Å². The molecule has 0 bridgehead atoms. The van der Waals surface area contributed by atoms with Gasteiger partial charge < -0.3 is 21.1 Å². The minimum atomic E-state index is -0.694. The Kier molecular flexibility index (Phi) is 6.23. The first-order chi connectivity index (χ1) is 16.9. The molecule has 4 N–H and O–H groups in total. The van der Waals surface area contributed by atoms with E-state index < -0.39 is 11.9 Å². The van der Waals surface area contributed by atoms with Crippen LogP contribution in [0.1, 0.15) is 41.7 Å². The maximum absolute atomic E-state index is 13.5. The first-order valence-corrected chi connectivity index (χ1v) is 11.4. The van der Waals surface area contributed by atoms with Crippen LogP contribution in [0, 0.1) is 12.9 Å². The number of aliphatic hydroxyl groups is 1. The number of anilines is 4. The van der Waals surface area contributed by atoms with Crippen LogP contribution in [0.15, 0.2) is 48.9 Å². The van der Waals surface area contributed by atoms with E-state index in [0.717, 1.165) is 37.3 Å². The van der Waals surface area contributed by atoms with E-state index in [1.54, 1.807) is 6.20 Å². The maximum Gasteiger partial charge on any atom is 0.276 e. The van der Waals surface area contributed by atoms with Crippen LogP contribution < -0.4 is 16.0 Å². The number of aliphatic hydroxyl groups excluding tert-OH is 1. The molecule has 180 valence electrons. The van der Waals surface area contributed by atoms with Crippen molar-refractivity contribution >= 4 is 34.6 Å². The minimum Gasteiger partial charge on any atom is -0.393 e. The Morgan fingerprint density at radius 1 is 1.06 bits per heavy atom. The number of rotatable bonds is 6. The second-order valence-corrected chi connectivity index (χ2v) is 8.64. The molecular weight excluding hydrogens is 451 g/mol. The van der Waals surface area contributed by atoms with E-state index >= 15 is 0 Å². The smallest absolute Gasteiger partial charge is 0.276 e. The van der Waals surface area contributed by atoms with Crippen LogP contribution in [0.4, 0.5) is 27.4 Å². The number of fused-ring (bicyclic) bond motifs is 1. The number of aromatic nitrogens is 5. The summed E-state index contributed by atoms with van der Waals surface area (Å²) in [6.07, 6.45) is 7.25. The van der Waals surface area contributed by atoms with Gasteiger partial charge in [0.25, 0.3) is 5.91 Å². The molecule has 4 aromatic rings. The summed E-state index contributed by atoms with van der Waals surface area (Å²) >= 11 is 0.